The van der Waals surface area contributed by atoms with Gasteiger partial charge in [-0.15, -0.1) is 17.0 Å². The van der Waals surface area contributed by atoms with Crippen LogP contribution in [0.4, 0.5) is 0 Å². The Morgan fingerprint density at radius 3 is 2.50 bits per heavy atom. The van der Waals surface area contributed by atoms with Gasteiger partial charge in [-0.25, -0.2) is 0 Å². The van der Waals surface area contributed by atoms with Gasteiger partial charge in [0.15, 0.2) is 10.6 Å². The fourth-order valence-electron chi connectivity index (χ4n) is 1.36. The number of ketones is 1. The molecule has 16 heavy (non-hydrogen) atoms. The largest absolute Gasteiger partial charge is 0.337 e. The van der Waals surface area contributed by atoms with E-state index in [0.717, 1.165) is 11.3 Å². The Kier molecular flexibility index (Phi) is 4.64. The number of carbonyl (C=O) groups excluding carboxylic acids is 1. The second-order valence-corrected chi connectivity index (χ2v) is 3.64. The molecule has 0 unspecified atom stereocenters. The monoisotopic (exact) mass is 298 g/mol. The van der Waals surface area contributed by atoms with Gasteiger partial charge in [0.1, 0.15) is 0 Å². The smallest absolute Gasteiger partial charge is 0.174 e. The third-order valence-corrected chi connectivity index (χ3v) is 2.32. The van der Waals surface area contributed by atoms with E-state index in [2.05, 4.69) is 9.97 Å². The molecule has 0 aliphatic rings. The van der Waals surface area contributed by atoms with Crippen molar-refractivity contribution < 1.29 is 4.79 Å². The van der Waals surface area contributed by atoms with Gasteiger partial charge in [0.25, 0.3) is 0 Å². The molecule has 1 heterocycles. The van der Waals surface area contributed by atoms with Crippen molar-refractivity contribution >= 4 is 35.0 Å². The summed E-state index contributed by atoms with van der Waals surface area (Å²) in [6.45, 7) is 0. The highest BCUT2D eigenvalue weighted by molar-refractivity contribution is 8.93. The Labute approximate surface area is 109 Å². The Morgan fingerprint density at radius 2 is 1.94 bits per heavy atom. The van der Waals surface area contributed by atoms with Crippen molar-refractivity contribution in [2.24, 2.45) is 0 Å². The molecule has 0 aliphatic heterocycles. The predicted octanol–water partition coefficient (Wildman–Crippen LogP) is 3.08. The molecule has 1 aromatic carbocycles. The molecule has 0 atom stereocenters. The van der Waals surface area contributed by atoms with Gasteiger partial charge in [-0.05, 0) is 12.2 Å². The average molecular weight is 299 g/mol. The molecule has 0 amide bonds. The first kappa shape index (κ1) is 12.9. The summed E-state index contributed by atoms with van der Waals surface area (Å²) in [5.74, 6) is 0.0841. The number of aromatic nitrogens is 2. The van der Waals surface area contributed by atoms with E-state index >= 15 is 0 Å². The Balaban J connectivity index is 0.00000128. The Hall–Kier alpha value is -1.20. The van der Waals surface area contributed by atoms with Crippen molar-refractivity contribution in [3.05, 3.63) is 52.6 Å². The number of hydrogen-bond acceptors (Lipinski definition) is 2. The fraction of sp³-hybridized carbons (Fsp3) is 0.0909. The van der Waals surface area contributed by atoms with Gasteiger partial charge in [-0.2, -0.15) is 0 Å². The van der Waals surface area contributed by atoms with Crippen molar-refractivity contribution in [1.29, 1.82) is 0 Å². The molecule has 0 saturated carbocycles. The molecule has 0 saturated heterocycles. The van der Waals surface area contributed by atoms with Gasteiger partial charge in [-0.3, -0.25) is 4.79 Å². The zero-order chi connectivity index (χ0) is 10.7. The van der Waals surface area contributed by atoms with Gasteiger partial charge in [-0.1, -0.05) is 30.3 Å². The van der Waals surface area contributed by atoms with Crippen molar-refractivity contribution in [1.82, 2.24) is 9.97 Å². The first-order chi connectivity index (χ1) is 7.25. The fourth-order valence-corrected chi connectivity index (χ4v) is 1.55. The van der Waals surface area contributed by atoms with Crippen LogP contribution in [0.1, 0.15) is 16.1 Å². The highest BCUT2D eigenvalue weighted by Crippen LogP contribution is 2.04. The van der Waals surface area contributed by atoms with Crippen LogP contribution < -0.4 is 0 Å². The van der Waals surface area contributed by atoms with Crippen molar-refractivity contribution in [3.63, 3.8) is 0 Å². The topological polar surface area (TPSA) is 48.6 Å². The van der Waals surface area contributed by atoms with Gasteiger partial charge < -0.3 is 9.97 Å². The Bertz CT molecular complexity index is 518. The van der Waals surface area contributed by atoms with Crippen molar-refractivity contribution in [2.45, 2.75) is 6.42 Å². The first-order valence-corrected chi connectivity index (χ1v) is 5.01. The molecule has 0 aliphatic carbocycles. The first-order valence-electron chi connectivity index (χ1n) is 4.60. The summed E-state index contributed by atoms with van der Waals surface area (Å²) in [5, 5.41) is 0. The summed E-state index contributed by atoms with van der Waals surface area (Å²) in [7, 11) is 0. The zero-order valence-electron chi connectivity index (χ0n) is 8.40. The van der Waals surface area contributed by atoms with Gasteiger partial charge >= 0.3 is 0 Å². The van der Waals surface area contributed by atoms with Crippen LogP contribution in [-0.4, -0.2) is 15.8 Å². The number of carbonyl (C=O) groups is 1. The summed E-state index contributed by atoms with van der Waals surface area (Å²) in [6.07, 6.45) is 2.07. The molecule has 5 heteroatoms. The van der Waals surface area contributed by atoms with Crippen LogP contribution in [0, 0.1) is 4.77 Å². The molecule has 2 N–H and O–H groups in total. The minimum atomic E-state index is 0. The molecular formula is C11H11BrN2OS. The maximum Gasteiger partial charge on any atom is 0.174 e. The Morgan fingerprint density at radius 1 is 1.25 bits per heavy atom. The predicted molar refractivity (Wildman–Crippen MR) is 70.8 cm³/mol. The minimum Gasteiger partial charge on any atom is -0.337 e. The van der Waals surface area contributed by atoms with E-state index in [0.29, 0.717) is 11.2 Å². The standard InChI is InChI=1S/C11H10N2OS.BrH/c14-10(8-4-2-1-3-5-8)6-9-7-12-11(15)13-9;/h1-5,7H,6H2,(H2,12,13,15);1H. The van der Waals surface area contributed by atoms with Gasteiger partial charge in [0.05, 0.1) is 6.42 Å². The maximum absolute atomic E-state index is 11.8. The van der Waals surface area contributed by atoms with E-state index in [1.807, 2.05) is 30.3 Å². The lowest BCUT2D eigenvalue weighted by atomic mass is 10.1. The molecular weight excluding hydrogens is 288 g/mol. The number of imidazole rings is 1. The summed E-state index contributed by atoms with van der Waals surface area (Å²) < 4.78 is 0.547. The molecule has 3 nitrogen and oxygen atoms in total. The number of Topliss-reactive ketones (excluding diaryl/α,β-unsaturated/α-hetero) is 1. The van der Waals surface area contributed by atoms with Crippen LogP contribution in [0.5, 0.6) is 0 Å². The lowest BCUT2D eigenvalue weighted by Crippen LogP contribution is -2.03. The lowest BCUT2D eigenvalue weighted by molar-refractivity contribution is 0.0992. The van der Waals surface area contributed by atoms with Crippen LogP contribution in [0.3, 0.4) is 0 Å². The van der Waals surface area contributed by atoms with E-state index in [4.69, 9.17) is 12.2 Å². The summed E-state index contributed by atoms with van der Waals surface area (Å²) in [4.78, 5) is 17.5. The highest BCUT2D eigenvalue weighted by atomic mass is 79.9. The SMILES string of the molecule is Br.O=C(Cc1c[nH]c(=S)[nH]1)c1ccccc1. The summed E-state index contributed by atoms with van der Waals surface area (Å²) in [6, 6.07) is 9.22. The normalized spacial score (nSPS) is 9.50. The lowest BCUT2D eigenvalue weighted by Gasteiger charge is -1.97. The van der Waals surface area contributed by atoms with E-state index in [-0.39, 0.29) is 22.8 Å². The van der Waals surface area contributed by atoms with Gasteiger partial charge in [0, 0.05) is 17.5 Å². The second-order valence-electron chi connectivity index (χ2n) is 3.23. The number of H-pyrrole nitrogens is 2. The van der Waals surface area contributed by atoms with E-state index in [1.54, 1.807) is 6.20 Å². The number of hydrogen-bond donors (Lipinski definition) is 2. The molecule has 2 aromatic rings. The van der Waals surface area contributed by atoms with E-state index < -0.39 is 0 Å². The van der Waals surface area contributed by atoms with E-state index in [1.165, 1.54) is 0 Å². The van der Waals surface area contributed by atoms with Crippen LogP contribution in [-0.2, 0) is 6.42 Å². The maximum atomic E-state index is 11.8. The molecule has 0 radical (unpaired) electrons. The zero-order valence-corrected chi connectivity index (χ0v) is 10.9. The molecule has 0 fully saturated rings. The highest BCUT2D eigenvalue weighted by Gasteiger charge is 2.06. The number of nitrogens with one attached hydrogen (secondary N) is 2. The minimum absolute atomic E-state index is 0. The van der Waals surface area contributed by atoms with Gasteiger partial charge in [0.2, 0.25) is 0 Å². The molecule has 0 spiro atoms. The van der Waals surface area contributed by atoms with E-state index in [9.17, 15) is 4.79 Å². The number of aromatic amines is 2. The molecule has 0 bridgehead atoms. The van der Waals surface area contributed by atoms with Crippen LogP contribution in [0.25, 0.3) is 0 Å². The summed E-state index contributed by atoms with van der Waals surface area (Å²) in [5.41, 5.74) is 1.53. The third-order valence-electron chi connectivity index (χ3n) is 2.10. The van der Waals surface area contributed by atoms with Crippen LogP contribution in [0.2, 0.25) is 0 Å². The summed E-state index contributed by atoms with van der Waals surface area (Å²) >= 11 is 4.88. The van der Waals surface area contributed by atoms with Crippen molar-refractivity contribution in [3.8, 4) is 0 Å². The van der Waals surface area contributed by atoms with Crippen LogP contribution in [0.15, 0.2) is 36.5 Å². The number of halogens is 1. The average Bonchev–Trinajstić information content (AvgIpc) is 2.65. The number of rotatable bonds is 3. The third kappa shape index (κ3) is 3.15. The molecule has 2 rings (SSSR count). The van der Waals surface area contributed by atoms with Crippen molar-refractivity contribution in [2.75, 3.05) is 0 Å². The number of benzene rings is 1. The molecule has 1 aromatic heterocycles. The van der Waals surface area contributed by atoms with Crippen LogP contribution >= 0.6 is 29.2 Å². The second kappa shape index (κ2) is 5.77. The quantitative estimate of drug-likeness (QED) is 0.676. The molecule has 84 valence electrons.